The minimum Gasteiger partial charge on any atom is -0.481 e. The Morgan fingerprint density at radius 1 is 0.828 bits per heavy atom. The maximum atomic E-state index is 13.6. The molecule has 2 aromatic rings. The zero-order valence-electron chi connectivity index (χ0n) is 36.7. The molecule has 5 aliphatic rings. The lowest BCUT2D eigenvalue weighted by Gasteiger charge is -2.72. The molecule has 7 rings (SSSR count). The molecule has 0 heterocycles. The van der Waals surface area contributed by atoms with Crippen molar-refractivity contribution in [2.24, 2.45) is 56.7 Å². The predicted octanol–water partition coefficient (Wildman–Crippen LogP) is 10.1. The van der Waals surface area contributed by atoms with Gasteiger partial charge >= 0.3 is 5.97 Å². The fourth-order valence-electron chi connectivity index (χ4n) is 14.7. The molecule has 4 fully saturated rings. The lowest BCUT2D eigenvalue weighted by Crippen LogP contribution is -2.66. The number of ketones is 1. The van der Waals surface area contributed by atoms with E-state index in [1.165, 1.54) is 42.4 Å². The van der Waals surface area contributed by atoms with E-state index in [1.807, 2.05) is 49.3 Å². The minimum atomic E-state index is -1.18. The number of carboxylic acid groups (broad SMARTS) is 1. The van der Waals surface area contributed by atoms with Crippen LogP contribution in [-0.4, -0.2) is 71.4 Å². The number of likely N-dealkylation sites (N-methyl/N-ethyl adjacent to an activating group) is 1. The van der Waals surface area contributed by atoms with Crippen molar-refractivity contribution in [3.8, 4) is 0 Å². The number of aliphatic carboxylic acids is 1. The number of hydrogen-bond donors (Lipinski definition) is 2. The molecule has 5 aliphatic carbocycles. The van der Waals surface area contributed by atoms with Gasteiger partial charge in [-0.15, -0.1) is 0 Å². The molecule has 2 N–H and O–H groups in total. The van der Waals surface area contributed by atoms with Crippen molar-refractivity contribution in [3.63, 3.8) is 0 Å². The van der Waals surface area contributed by atoms with Gasteiger partial charge in [-0.1, -0.05) is 107 Å². The van der Waals surface area contributed by atoms with Crippen LogP contribution in [0.4, 0.5) is 0 Å². The topological polar surface area (TPSA) is 98.2 Å². The van der Waals surface area contributed by atoms with Crippen molar-refractivity contribution in [2.75, 3.05) is 33.7 Å². The Labute approximate surface area is 348 Å². The second-order valence-electron chi connectivity index (χ2n) is 21.0. The molecule has 0 radical (unpaired) electrons. The minimum absolute atomic E-state index is 0.0250. The highest BCUT2D eigenvalue weighted by atomic mass is 16.4. The highest BCUT2D eigenvalue weighted by molar-refractivity contribution is 6.00. The summed E-state index contributed by atoms with van der Waals surface area (Å²) in [4.78, 5) is 42.6. The second-order valence-corrected chi connectivity index (χ2v) is 21.0. The van der Waals surface area contributed by atoms with E-state index in [9.17, 15) is 24.6 Å². The van der Waals surface area contributed by atoms with Crippen LogP contribution >= 0.6 is 0 Å². The number of rotatable bonds is 12. The first kappa shape index (κ1) is 42.6. The van der Waals surface area contributed by atoms with Gasteiger partial charge < -0.3 is 20.0 Å². The number of carboxylic acids is 1. The number of fused-ring (bicyclic) bond motifs is 7. The van der Waals surface area contributed by atoms with Crippen molar-refractivity contribution in [1.29, 1.82) is 0 Å². The third kappa shape index (κ3) is 6.94. The number of carbonyl (C=O) groups excluding carboxylic acids is 2. The molecule has 0 aliphatic heterocycles. The summed E-state index contributed by atoms with van der Waals surface area (Å²) < 4.78 is 0. The Morgan fingerprint density at radius 2 is 1.52 bits per heavy atom. The van der Waals surface area contributed by atoms with Crippen molar-refractivity contribution in [2.45, 2.75) is 112 Å². The number of hydrogen-bond acceptors (Lipinski definition) is 5. The third-order valence-electron chi connectivity index (χ3n) is 17.6. The van der Waals surface area contributed by atoms with Gasteiger partial charge in [0, 0.05) is 25.2 Å². The molecule has 1 amide bonds. The average molecular weight is 791 g/mol. The van der Waals surface area contributed by atoms with Crippen molar-refractivity contribution >= 4 is 23.2 Å². The quantitative estimate of drug-likeness (QED) is 0.126. The van der Waals surface area contributed by atoms with Gasteiger partial charge in [-0.05, 0) is 152 Å². The fraction of sp³-hybridized carbons (Fsp3) is 0.627. The Bertz CT molecular complexity index is 1930. The zero-order valence-corrected chi connectivity index (χ0v) is 36.7. The van der Waals surface area contributed by atoms with Gasteiger partial charge in [0.15, 0.2) is 5.78 Å². The van der Waals surface area contributed by atoms with Crippen LogP contribution < -0.4 is 0 Å². The van der Waals surface area contributed by atoms with Crippen molar-refractivity contribution < 1.29 is 24.6 Å². The molecule has 0 bridgehead atoms. The first-order valence-corrected chi connectivity index (χ1v) is 22.2. The Morgan fingerprint density at radius 3 is 2.16 bits per heavy atom. The third-order valence-corrected chi connectivity index (χ3v) is 17.6. The highest BCUT2D eigenvalue weighted by Gasteiger charge is 2.70. The molecule has 0 spiro atoms. The molecule has 10 atom stereocenters. The van der Waals surface area contributed by atoms with Crippen LogP contribution in [0.3, 0.4) is 0 Å². The fourth-order valence-corrected chi connectivity index (χ4v) is 14.7. The molecule has 58 heavy (non-hydrogen) atoms. The summed E-state index contributed by atoms with van der Waals surface area (Å²) in [6, 6.07) is 17.1. The van der Waals surface area contributed by atoms with Crippen LogP contribution in [0, 0.1) is 56.7 Å². The van der Waals surface area contributed by atoms with E-state index >= 15 is 0 Å². The molecule has 314 valence electrons. The van der Waals surface area contributed by atoms with Gasteiger partial charge in [0.25, 0.3) is 0 Å². The number of aliphatic hydroxyl groups is 1. The van der Waals surface area contributed by atoms with Crippen LogP contribution in [0.1, 0.15) is 133 Å². The summed E-state index contributed by atoms with van der Waals surface area (Å²) in [6.45, 7) is 21.5. The van der Waals surface area contributed by atoms with E-state index in [4.69, 9.17) is 0 Å². The zero-order chi connectivity index (χ0) is 42.0. The number of benzene rings is 2. The average Bonchev–Trinajstić information content (AvgIpc) is 3.56. The number of nitrogens with zero attached hydrogens (tertiary/aromatic N) is 2. The van der Waals surface area contributed by atoms with E-state index in [-0.39, 0.29) is 38.8 Å². The lowest BCUT2D eigenvalue weighted by molar-refractivity contribution is -0.226. The molecule has 7 heteroatoms. The van der Waals surface area contributed by atoms with Gasteiger partial charge in [-0.2, -0.15) is 0 Å². The number of aliphatic hydroxyl groups excluding tert-OH is 1. The first-order valence-electron chi connectivity index (χ1n) is 22.2. The predicted molar refractivity (Wildman–Crippen MR) is 232 cm³/mol. The molecule has 1 unspecified atom stereocenters. The Kier molecular flexibility index (Phi) is 11.4. The van der Waals surface area contributed by atoms with E-state index in [0.29, 0.717) is 60.4 Å². The molecule has 0 saturated heterocycles. The first-order chi connectivity index (χ1) is 27.3. The van der Waals surface area contributed by atoms with Crippen LogP contribution in [0.2, 0.25) is 0 Å². The smallest absolute Gasteiger partial charge is 0.312 e. The summed E-state index contributed by atoms with van der Waals surface area (Å²) in [5.74, 6) is 0.901. The largest absolute Gasteiger partial charge is 0.481 e. The maximum absolute atomic E-state index is 13.6. The van der Waals surface area contributed by atoms with Gasteiger partial charge in [0.2, 0.25) is 5.91 Å². The Hall–Kier alpha value is -3.55. The van der Waals surface area contributed by atoms with Gasteiger partial charge in [0.1, 0.15) is 12.5 Å². The normalized spacial score (nSPS) is 35.4. The molecular weight excluding hydrogens is 721 g/mol. The van der Waals surface area contributed by atoms with Crippen molar-refractivity contribution in [1.82, 2.24) is 9.80 Å². The van der Waals surface area contributed by atoms with Crippen LogP contribution in [0.25, 0.3) is 5.57 Å². The van der Waals surface area contributed by atoms with Gasteiger partial charge in [-0.3, -0.25) is 14.4 Å². The van der Waals surface area contributed by atoms with Gasteiger partial charge in [-0.25, -0.2) is 0 Å². The molecule has 0 aromatic heterocycles. The van der Waals surface area contributed by atoms with Gasteiger partial charge in [0.05, 0.1) is 0 Å². The highest BCUT2D eigenvalue weighted by Crippen LogP contribution is 2.77. The van der Waals surface area contributed by atoms with E-state index in [2.05, 4.69) is 71.2 Å². The van der Waals surface area contributed by atoms with E-state index < -0.39 is 18.5 Å². The Balaban J connectivity index is 1.16. The SMILES string of the molecule is C=C(C)[C@@H]1CC[C@]2(CN(CCN(C)C)C(=O)CC(=O)O)CC[C@]3(C)[C@H](CC[C@@H]4[C@@]5(C)CC=C(c6ccc(C(=O)C(O)c7ccccc7)cc6)C(C)(C)[C@@H]5CC[C@]43C)[C@@H]12. The number of Topliss-reactive ketones (excluding diaryl/α,β-unsaturated/α-hetero) is 1. The standard InChI is InChI=1S/C51H70N2O5/c1-33(2)37-21-26-51(32-53(30-29-52(8)9)42(54)31-43(55)56)28-27-49(6)39(44(37)51)19-20-41-48(5)24-22-38(47(3,4)40(48)23-25-50(41,49)7)34-15-17-36(18-16-34)46(58)45(57)35-13-11-10-12-14-35/h10-18,22,37,39-41,44-45,57H,1,19-21,23-32H2,2-9H3,(H,55,56)/t37-,39+,40-,41+,44+,45?,48-,49+,50+,51+/m0/s1. The monoisotopic (exact) mass is 791 g/mol. The molecule has 7 nitrogen and oxygen atoms in total. The number of carbonyl (C=O) groups is 3. The maximum Gasteiger partial charge on any atom is 0.312 e. The molecule has 4 saturated carbocycles. The summed E-state index contributed by atoms with van der Waals surface area (Å²) in [7, 11) is 4.03. The number of allylic oxidation sites excluding steroid dienone is 3. The summed E-state index contributed by atoms with van der Waals surface area (Å²) in [5.41, 5.74) is 5.32. The molecular formula is C51H70N2O5. The van der Waals surface area contributed by atoms with E-state index in [0.717, 1.165) is 32.1 Å². The number of amides is 1. The summed E-state index contributed by atoms with van der Waals surface area (Å²) in [5, 5.41) is 20.5. The van der Waals surface area contributed by atoms with Crippen LogP contribution in [0.15, 0.2) is 72.8 Å². The van der Waals surface area contributed by atoms with Crippen LogP contribution in [0.5, 0.6) is 0 Å². The van der Waals surface area contributed by atoms with E-state index in [1.54, 1.807) is 12.1 Å². The summed E-state index contributed by atoms with van der Waals surface area (Å²) in [6.07, 6.45) is 11.1. The molecule has 2 aromatic carbocycles. The second kappa shape index (κ2) is 15.5. The summed E-state index contributed by atoms with van der Waals surface area (Å²) >= 11 is 0. The van der Waals surface area contributed by atoms with Crippen LogP contribution in [-0.2, 0) is 9.59 Å². The van der Waals surface area contributed by atoms with Crippen molar-refractivity contribution in [3.05, 3.63) is 89.5 Å². The lowest BCUT2D eigenvalue weighted by atomic mass is 9.32.